The molecule has 2 heterocycles. The van der Waals surface area contributed by atoms with Gasteiger partial charge in [-0.15, -0.1) is 0 Å². The minimum absolute atomic E-state index is 0.00714. The fourth-order valence-corrected chi connectivity index (χ4v) is 4.11. The van der Waals surface area contributed by atoms with E-state index >= 15 is 0 Å². The van der Waals surface area contributed by atoms with Crippen LogP contribution in [0.5, 0.6) is 5.75 Å². The smallest absolute Gasteiger partial charge is 0.293 e. The van der Waals surface area contributed by atoms with Crippen LogP contribution < -0.4 is 10.1 Å². The number of ether oxygens (including phenoxy) is 1. The molecule has 3 amide bonds. The molecule has 1 saturated heterocycles. The number of rotatable bonds is 9. The van der Waals surface area contributed by atoms with Gasteiger partial charge < -0.3 is 14.6 Å². The van der Waals surface area contributed by atoms with Gasteiger partial charge in [-0.25, -0.2) is 4.39 Å². The molecule has 0 saturated carbocycles. The lowest BCUT2D eigenvalue weighted by Crippen LogP contribution is -2.37. The van der Waals surface area contributed by atoms with E-state index < -0.39 is 17.0 Å². The van der Waals surface area contributed by atoms with Gasteiger partial charge in [-0.2, -0.15) is 4.98 Å². The SMILES string of the molecule is COc1ccc(-c2noc(CCC(=O)NCCN3C(=O)S/C(=C\c4ccccc4F)C3=O)n2)cc1. The fourth-order valence-electron chi connectivity index (χ4n) is 3.26. The highest BCUT2D eigenvalue weighted by atomic mass is 32.2. The molecule has 11 heteroatoms. The Morgan fingerprint density at radius 3 is 2.71 bits per heavy atom. The number of benzene rings is 2. The minimum Gasteiger partial charge on any atom is -0.497 e. The second-order valence-electron chi connectivity index (χ2n) is 7.45. The number of aromatic nitrogens is 2. The van der Waals surface area contributed by atoms with Gasteiger partial charge in [0.15, 0.2) is 0 Å². The van der Waals surface area contributed by atoms with Crippen LogP contribution >= 0.6 is 11.8 Å². The van der Waals surface area contributed by atoms with E-state index in [1.807, 2.05) is 0 Å². The molecule has 0 unspecified atom stereocenters. The van der Waals surface area contributed by atoms with Crippen LogP contribution in [0.3, 0.4) is 0 Å². The van der Waals surface area contributed by atoms with Gasteiger partial charge in [0.05, 0.1) is 12.0 Å². The Hall–Kier alpha value is -3.99. The molecule has 0 aliphatic carbocycles. The number of nitrogens with one attached hydrogen (secondary N) is 1. The van der Waals surface area contributed by atoms with Crippen LogP contribution in [0.1, 0.15) is 17.9 Å². The molecule has 0 spiro atoms. The lowest BCUT2D eigenvalue weighted by molar-refractivity contribution is -0.124. The fraction of sp³-hybridized carbons (Fsp3) is 0.208. The molecule has 9 nitrogen and oxygen atoms in total. The van der Waals surface area contributed by atoms with E-state index in [4.69, 9.17) is 9.26 Å². The maximum Gasteiger partial charge on any atom is 0.293 e. The summed E-state index contributed by atoms with van der Waals surface area (Å²) in [4.78, 5) is 42.3. The Kier molecular flexibility index (Phi) is 7.56. The summed E-state index contributed by atoms with van der Waals surface area (Å²) in [5, 5.41) is 6.12. The predicted molar refractivity (Wildman–Crippen MR) is 127 cm³/mol. The summed E-state index contributed by atoms with van der Waals surface area (Å²) in [5.41, 5.74) is 0.981. The molecule has 3 aromatic rings. The average molecular weight is 497 g/mol. The number of nitrogens with zero attached hydrogens (tertiary/aromatic N) is 3. The van der Waals surface area contributed by atoms with E-state index in [0.29, 0.717) is 17.5 Å². The van der Waals surface area contributed by atoms with Gasteiger partial charge in [-0.1, -0.05) is 23.4 Å². The third kappa shape index (κ3) is 5.93. The second-order valence-corrected chi connectivity index (χ2v) is 8.44. The molecule has 180 valence electrons. The highest BCUT2D eigenvalue weighted by Gasteiger charge is 2.34. The Balaban J connectivity index is 1.24. The molecule has 1 fully saturated rings. The zero-order valence-corrected chi connectivity index (χ0v) is 19.5. The van der Waals surface area contributed by atoms with Gasteiger partial charge in [0.2, 0.25) is 17.6 Å². The Morgan fingerprint density at radius 1 is 1.20 bits per heavy atom. The van der Waals surface area contributed by atoms with Crippen LogP contribution in [0, 0.1) is 5.82 Å². The predicted octanol–water partition coefficient (Wildman–Crippen LogP) is 3.67. The van der Waals surface area contributed by atoms with Gasteiger partial charge in [-0.05, 0) is 48.2 Å². The number of hydrogen-bond donors (Lipinski definition) is 1. The summed E-state index contributed by atoms with van der Waals surface area (Å²) < 4.78 is 24.2. The summed E-state index contributed by atoms with van der Waals surface area (Å²) in [6.07, 6.45) is 1.69. The topological polar surface area (TPSA) is 115 Å². The summed E-state index contributed by atoms with van der Waals surface area (Å²) in [6.45, 7) is 0.0952. The first-order valence-electron chi connectivity index (χ1n) is 10.7. The van der Waals surface area contributed by atoms with Crippen molar-refractivity contribution in [2.45, 2.75) is 12.8 Å². The number of carbonyl (C=O) groups excluding carboxylic acids is 3. The first-order valence-corrected chi connectivity index (χ1v) is 11.5. The van der Waals surface area contributed by atoms with Gasteiger partial charge in [0.25, 0.3) is 11.1 Å². The summed E-state index contributed by atoms with van der Waals surface area (Å²) in [6, 6.07) is 13.2. The molecule has 1 N–H and O–H groups in total. The molecule has 4 rings (SSSR count). The summed E-state index contributed by atoms with van der Waals surface area (Å²) in [7, 11) is 1.58. The van der Waals surface area contributed by atoms with Crippen LogP contribution in [0.25, 0.3) is 17.5 Å². The van der Waals surface area contributed by atoms with Crippen molar-refractivity contribution in [2.75, 3.05) is 20.2 Å². The third-order valence-electron chi connectivity index (χ3n) is 5.11. The van der Waals surface area contributed by atoms with Crippen molar-refractivity contribution in [3.05, 3.63) is 70.7 Å². The molecule has 35 heavy (non-hydrogen) atoms. The number of hydrogen-bond acceptors (Lipinski definition) is 8. The van der Waals surface area contributed by atoms with Gasteiger partial charge in [-0.3, -0.25) is 19.3 Å². The van der Waals surface area contributed by atoms with Gasteiger partial charge in [0, 0.05) is 37.1 Å². The van der Waals surface area contributed by atoms with E-state index in [1.54, 1.807) is 43.5 Å². The number of aryl methyl sites for hydroxylation is 1. The van der Waals surface area contributed by atoms with E-state index in [9.17, 15) is 18.8 Å². The van der Waals surface area contributed by atoms with Crippen molar-refractivity contribution in [1.29, 1.82) is 0 Å². The van der Waals surface area contributed by atoms with Crippen LogP contribution in [0.15, 0.2) is 58.0 Å². The van der Waals surface area contributed by atoms with Crippen molar-refractivity contribution < 1.29 is 28.0 Å². The summed E-state index contributed by atoms with van der Waals surface area (Å²) >= 11 is 0.739. The highest BCUT2D eigenvalue weighted by molar-refractivity contribution is 8.18. The van der Waals surface area contributed by atoms with Crippen molar-refractivity contribution >= 4 is 34.9 Å². The number of methoxy groups -OCH3 is 1. The Morgan fingerprint density at radius 2 is 1.97 bits per heavy atom. The zero-order valence-electron chi connectivity index (χ0n) is 18.7. The number of carbonyl (C=O) groups is 3. The lowest BCUT2D eigenvalue weighted by Gasteiger charge is -2.12. The number of halogens is 1. The Labute approximate surface area is 204 Å². The quantitative estimate of drug-likeness (QED) is 0.447. The maximum absolute atomic E-state index is 13.8. The van der Waals surface area contributed by atoms with Crippen molar-refractivity contribution in [2.24, 2.45) is 0 Å². The molecule has 2 aromatic carbocycles. The van der Waals surface area contributed by atoms with Crippen LogP contribution in [-0.2, 0) is 16.0 Å². The number of amides is 3. The molecule has 1 aliphatic rings. The largest absolute Gasteiger partial charge is 0.497 e. The van der Waals surface area contributed by atoms with Crippen molar-refractivity contribution in [3.63, 3.8) is 0 Å². The average Bonchev–Trinajstić information content (AvgIpc) is 3.44. The first kappa shape index (κ1) is 24.1. The van der Waals surface area contributed by atoms with Crippen molar-refractivity contribution in [1.82, 2.24) is 20.4 Å². The number of imide groups is 1. The van der Waals surface area contributed by atoms with Gasteiger partial charge in [0.1, 0.15) is 11.6 Å². The standard InChI is InChI=1S/C24H21FN4O5S/c1-33-17-8-6-15(7-9-17)22-27-21(34-28-22)11-10-20(30)26-12-13-29-23(31)19(35-24(29)32)14-16-4-2-3-5-18(16)25/h2-9,14H,10-13H2,1H3,(H,26,30)/b19-14-. The van der Waals surface area contributed by atoms with E-state index in [2.05, 4.69) is 15.5 Å². The van der Waals surface area contributed by atoms with Crippen LogP contribution in [0.2, 0.25) is 0 Å². The molecule has 0 bridgehead atoms. The lowest BCUT2D eigenvalue weighted by atomic mass is 10.2. The van der Waals surface area contributed by atoms with E-state index in [0.717, 1.165) is 22.2 Å². The maximum atomic E-state index is 13.8. The second kappa shape index (κ2) is 11.0. The zero-order chi connectivity index (χ0) is 24.8. The third-order valence-corrected chi connectivity index (χ3v) is 6.01. The monoisotopic (exact) mass is 496 g/mol. The highest BCUT2D eigenvalue weighted by Crippen LogP contribution is 2.32. The minimum atomic E-state index is -0.519. The molecular formula is C24H21FN4O5S. The molecule has 0 radical (unpaired) electrons. The normalized spacial score (nSPS) is 14.6. The van der Waals surface area contributed by atoms with Crippen LogP contribution in [0.4, 0.5) is 9.18 Å². The van der Waals surface area contributed by atoms with E-state index in [-0.39, 0.29) is 42.3 Å². The molecule has 1 aromatic heterocycles. The Bertz CT molecular complexity index is 1270. The van der Waals surface area contributed by atoms with Gasteiger partial charge >= 0.3 is 0 Å². The van der Waals surface area contributed by atoms with Crippen LogP contribution in [-0.4, -0.2) is 52.3 Å². The summed E-state index contributed by atoms with van der Waals surface area (Å²) in [5.74, 6) is 0.143. The van der Waals surface area contributed by atoms with E-state index in [1.165, 1.54) is 18.2 Å². The number of thioether (sulfide) groups is 1. The van der Waals surface area contributed by atoms with Crippen molar-refractivity contribution in [3.8, 4) is 17.1 Å². The molecule has 1 aliphatic heterocycles. The molecule has 0 atom stereocenters. The molecular weight excluding hydrogens is 475 g/mol. The first-order chi connectivity index (χ1) is 16.9.